The maximum Gasteiger partial charge on any atom is 0.253 e. The molecule has 0 aromatic heterocycles. The monoisotopic (exact) mass is 270 g/mol. The van der Waals surface area contributed by atoms with Gasteiger partial charge in [0.05, 0.1) is 6.54 Å². The number of benzene rings is 1. The molecule has 1 aliphatic rings. The molecule has 1 saturated heterocycles. The summed E-state index contributed by atoms with van der Waals surface area (Å²) < 4.78 is 0. The molecule has 1 aromatic carbocycles. The molecule has 0 bridgehead atoms. The van der Waals surface area contributed by atoms with Gasteiger partial charge in [0.1, 0.15) is 0 Å². The largest absolute Gasteiger partial charge is 0.345 e. The second-order valence-corrected chi connectivity index (χ2v) is 4.85. The van der Waals surface area contributed by atoms with Crippen LogP contribution in [0.25, 0.3) is 0 Å². The third-order valence-electron chi connectivity index (χ3n) is 3.54. The predicted molar refractivity (Wildman–Crippen MR) is 76.9 cm³/mol. The summed E-state index contributed by atoms with van der Waals surface area (Å²) in [4.78, 5) is 25.8. The minimum absolute atomic E-state index is 0.00485. The molecule has 104 valence electrons. The minimum Gasteiger partial charge on any atom is -0.345 e. The van der Waals surface area contributed by atoms with Crippen molar-refractivity contribution in [1.82, 2.24) is 10.2 Å². The number of rotatable bonds is 3. The molecule has 1 fully saturated rings. The zero-order valence-corrected chi connectivity index (χ0v) is 11.3. The van der Waals surface area contributed by atoms with Crippen molar-refractivity contribution in [2.45, 2.75) is 12.8 Å². The fourth-order valence-electron chi connectivity index (χ4n) is 2.39. The minimum atomic E-state index is -0.0387. The second-order valence-electron chi connectivity index (χ2n) is 4.85. The summed E-state index contributed by atoms with van der Waals surface area (Å²) in [6.07, 6.45) is 6.49. The number of carbonyl (C=O) groups excluding carboxylic acids is 2. The lowest BCUT2D eigenvalue weighted by Gasteiger charge is -2.31. The first kappa shape index (κ1) is 14.1. The van der Waals surface area contributed by atoms with Crippen LogP contribution in [0.2, 0.25) is 0 Å². The third kappa shape index (κ3) is 3.39. The molecule has 0 atom stereocenters. The fourth-order valence-corrected chi connectivity index (χ4v) is 2.39. The first-order chi connectivity index (χ1) is 9.72. The van der Waals surface area contributed by atoms with Gasteiger partial charge in [-0.15, -0.1) is 6.42 Å². The van der Waals surface area contributed by atoms with Gasteiger partial charge in [0, 0.05) is 24.6 Å². The van der Waals surface area contributed by atoms with Crippen molar-refractivity contribution < 1.29 is 9.59 Å². The quantitative estimate of drug-likeness (QED) is 0.841. The van der Waals surface area contributed by atoms with Gasteiger partial charge in [-0.05, 0) is 25.0 Å². The lowest BCUT2D eigenvalue weighted by atomic mass is 9.95. The fraction of sp³-hybridized carbons (Fsp3) is 0.375. The van der Waals surface area contributed by atoms with E-state index in [-0.39, 0.29) is 24.3 Å². The van der Waals surface area contributed by atoms with Crippen LogP contribution in [-0.2, 0) is 4.79 Å². The second kappa shape index (κ2) is 6.76. The maximum absolute atomic E-state index is 12.2. The van der Waals surface area contributed by atoms with Crippen LogP contribution >= 0.6 is 0 Å². The van der Waals surface area contributed by atoms with Crippen molar-refractivity contribution in [2.75, 3.05) is 19.6 Å². The van der Waals surface area contributed by atoms with Gasteiger partial charge in [0.15, 0.2) is 0 Å². The average Bonchev–Trinajstić information content (AvgIpc) is 2.53. The van der Waals surface area contributed by atoms with E-state index in [0.29, 0.717) is 31.5 Å². The molecule has 0 unspecified atom stereocenters. The van der Waals surface area contributed by atoms with Crippen LogP contribution in [-0.4, -0.2) is 36.3 Å². The molecule has 0 radical (unpaired) electrons. The lowest BCUT2D eigenvalue weighted by Crippen LogP contribution is -2.43. The highest BCUT2D eigenvalue weighted by atomic mass is 16.2. The molecule has 4 heteroatoms. The number of amides is 2. The summed E-state index contributed by atoms with van der Waals surface area (Å²) in [6.45, 7) is 1.49. The van der Waals surface area contributed by atoms with Crippen LogP contribution in [0, 0.1) is 18.3 Å². The zero-order chi connectivity index (χ0) is 14.4. The Bertz CT molecular complexity index is 511. The van der Waals surface area contributed by atoms with Gasteiger partial charge in [0.2, 0.25) is 5.91 Å². The van der Waals surface area contributed by atoms with Gasteiger partial charge in [0.25, 0.3) is 5.91 Å². The molecular formula is C16H18N2O2. The lowest BCUT2D eigenvalue weighted by molar-refractivity contribution is -0.126. The predicted octanol–water partition coefficient (Wildman–Crippen LogP) is 1.29. The molecule has 20 heavy (non-hydrogen) atoms. The van der Waals surface area contributed by atoms with Crippen LogP contribution < -0.4 is 5.32 Å². The van der Waals surface area contributed by atoms with Crippen LogP contribution in [0.5, 0.6) is 0 Å². The number of hydrogen-bond donors (Lipinski definition) is 1. The Balaban J connectivity index is 1.87. The number of hydrogen-bond acceptors (Lipinski definition) is 2. The molecular weight excluding hydrogens is 252 g/mol. The number of carbonyl (C=O) groups is 2. The van der Waals surface area contributed by atoms with Crippen molar-refractivity contribution in [3.05, 3.63) is 35.9 Å². The third-order valence-corrected chi connectivity index (χ3v) is 3.54. The van der Waals surface area contributed by atoms with E-state index in [1.54, 1.807) is 4.90 Å². The molecule has 4 nitrogen and oxygen atoms in total. The molecule has 1 aromatic rings. The molecule has 2 amide bonds. The average molecular weight is 270 g/mol. The maximum atomic E-state index is 12.2. The van der Waals surface area contributed by atoms with E-state index in [1.165, 1.54) is 0 Å². The van der Waals surface area contributed by atoms with Gasteiger partial charge in [-0.2, -0.15) is 0 Å². The van der Waals surface area contributed by atoms with E-state index >= 15 is 0 Å². The highest BCUT2D eigenvalue weighted by Crippen LogP contribution is 2.19. The van der Waals surface area contributed by atoms with E-state index < -0.39 is 0 Å². The zero-order valence-electron chi connectivity index (χ0n) is 11.3. The molecule has 1 aliphatic heterocycles. The van der Waals surface area contributed by atoms with Crippen molar-refractivity contribution in [1.29, 1.82) is 0 Å². The van der Waals surface area contributed by atoms with Crippen molar-refractivity contribution in [3.8, 4) is 12.3 Å². The van der Waals surface area contributed by atoms with E-state index in [2.05, 4.69) is 11.2 Å². The Hall–Kier alpha value is -2.28. The highest BCUT2D eigenvalue weighted by molar-refractivity contribution is 5.94. The summed E-state index contributed by atoms with van der Waals surface area (Å²) in [7, 11) is 0. The first-order valence-corrected chi connectivity index (χ1v) is 6.78. The number of nitrogens with zero attached hydrogens (tertiary/aromatic N) is 1. The van der Waals surface area contributed by atoms with E-state index in [9.17, 15) is 9.59 Å². The molecule has 2 rings (SSSR count). The van der Waals surface area contributed by atoms with Gasteiger partial charge in [-0.1, -0.05) is 24.1 Å². The molecule has 0 saturated carbocycles. The smallest absolute Gasteiger partial charge is 0.253 e. The Morgan fingerprint density at radius 2 is 1.90 bits per heavy atom. The Labute approximate surface area is 119 Å². The normalized spacial score (nSPS) is 15.4. The van der Waals surface area contributed by atoms with Crippen molar-refractivity contribution in [2.24, 2.45) is 5.92 Å². The van der Waals surface area contributed by atoms with E-state index in [1.807, 2.05) is 30.3 Å². The van der Waals surface area contributed by atoms with Gasteiger partial charge >= 0.3 is 0 Å². The van der Waals surface area contributed by atoms with Crippen LogP contribution in [0.15, 0.2) is 30.3 Å². The van der Waals surface area contributed by atoms with Crippen LogP contribution in [0.3, 0.4) is 0 Å². The Morgan fingerprint density at radius 3 is 2.50 bits per heavy atom. The summed E-state index contributed by atoms with van der Waals surface area (Å²) >= 11 is 0. The van der Waals surface area contributed by atoms with Gasteiger partial charge < -0.3 is 10.2 Å². The van der Waals surface area contributed by atoms with E-state index in [0.717, 1.165) is 0 Å². The molecule has 0 aliphatic carbocycles. The van der Waals surface area contributed by atoms with E-state index in [4.69, 9.17) is 6.42 Å². The van der Waals surface area contributed by atoms with Crippen LogP contribution in [0.1, 0.15) is 23.2 Å². The Kier molecular flexibility index (Phi) is 4.78. The highest BCUT2D eigenvalue weighted by Gasteiger charge is 2.27. The van der Waals surface area contributed by atoms with Crippen molar-refractivity contribution in [3.63, 3.8) is 0 Å². The molecule has 1 N–H and O–H groups in total. The van der Waals surface area contributed by atoms with Crippen molar-refractivity contribution >= 4 is 11.8 Å². The Morgan fingerprint density at radius 1 is 1.25 bits per heavy atom. The molecule has 1 heterocycles. The number of likely N-dealkylation sites (tertiary alicyclic amines) is 1. The summed E-state index contributed by atoms with van der Waals surface area (Å²) in [6, 6.07) is 9.22. The first-order valence-electron chi connectivity index (χ1n) is 6.78. The number of terminal acetylenes is 1. The van der Waals surface area contributed by atoms with Crippen LogP contribution in [0.4, 0.5) is 0 Å². The standard InChI is InChI=1S/C16H18N2O2/c1-2-10-17-15(19)13-8-11-18(12-9-13)16(20)14-6-4-3-5-7-14/h1,3-7,13H,8-12H2,(H,17,19). The SMILES string of the molecule is C#CCNC(=O)C1CCN(C(=O)c2ccccc2)CC1. The number of piperidine rings is 1. The van der Waals surface area contributed by atoms with Gasteiger partial charge in [-0.25, -0.2) is 0 Å². The summed E-state index contributed by atoms with van der Waals surface area (Å²) in [5, 5.41) is 2.70. The number of nitrogens with one attached hydrogen (secondary N) is 1. The topological polar surface area (TPSA) is 49.4 Å². The molecule has 0 spiro atoms. The summed E-state index contributed by atoms with van der Waals surface area (Å²) in [5.74, 6) is 2.38. The van der Waals surface area contributed by atoms with Gasteiger partial charge in [-0.3, -0.25) is 9.59 Å². The summed E-state index contributed by atoms with van der Waals surface area (Å²) in [5.41, 5.74) is 0.697.